The summed E-state index contributed by atoms with van der Waals surface area (Å²) in [6.07, 6.45) is 10.6. The third-order valence-corrected chi connectivity index (χ3v) is 3.33. The predicted octanol–water partition coefficient (Wildman–Crippen LogP) is 3.36. The van der Waals surface area contributed by atoms with E-state index in [0.717, 1.165) is 12.0 Å². The lowest BCUT2D eigenvalue weighted by molar-refractivity contribution is 0.0954. The van der Waals surface area contributed by atoms with Crippen molar-refractivity contribution in [3.63, 3.8) is 0 Å². The van der Waals surface area contributed by atoms with E-state index in [-0.39, 0.29) is 16.9 Å². The van der Waals surface area contributed by atoms with Crippen molar-refractivity contribution in [1.82, 2.24) is 0 Å². The Balaban J connectivity index is 2.51. The molecule has 102 valence electrons. The van der Waals surface area contributed by atoms with E-state index in [4.69, 9.17) is 15.3 Å². The molecule has 0 aromatic rings. The Morgan fingerprint density at radius 3 is 2.48 bits per heavy atom. The summed E-state index contributed by atoms with van der Waals surface area (Å²) < 4.78 is 5.68. The summed E-state index contributed by atoms with van der Waals surface area (Å²) in [5, 5.41) is 27.3. The van der Waals surface area contributed by atoms with Crippen molar-refractivity contribution in [3.05, 3.63) is 58.4 Å². The largest absolute Gasteiger partial charge is 0.480 e. The van der Waals surface area contributed by atoms with E-state index in [2.05, 4.69) is 6.07 Å². The molecule has 1 aliphatic carbocycles. The van der Waals surface area contributed by atoms with Crippen molar-refractivity contribution in [1.29, 1.82) is 15.8 Å². The Hall–Kier alpha value is -3.03. The summed E-state index contributed by atoms with van der Waals surface area (Å²) in [7, 11) is 0. The average molecular weight is 275 g/mol. The van der Waals surface area contributed by atoms with Gasteiger partial charge in [0.05, 0.1) is 0 Å². The molecule has 0 fully saturated rings. The van der Waals surface area contributed by atoms with Gasteiger partial charge in [-0.1, -0.05) is 30.4 Å². The molecule has 1 aliphatic heterocycles. The number of hydrogen-bond donors (Lipinski definition) is 0. The van der Waals surface area contributed by atoms with Gasteiger partial charge in [-0.25, -0.2) is 0 Å². The van der Waals surface area contributed by atoms with Crippen molar-refractivity contribution in [2.45, 2.75) is 25.9 Å². The van der Waals surface area contributed by atoms with Crippen LogP contribution in [0.15, 0.2) is 58.4 Å². The van der Waals surface area contributed by atoms with Crippen LogP contribution in [0.5, 0.6) is 0 Å². The monoisotopic (exact) mass is 275 g/mol. The minimum atomic E-state index is -0.748. The van der Waals surface area contributed by atoms with Gasteiger partial charge in [-0.05, 0) is 25.8 Å². The number of allylic oxidation sites excluding steroid dienone is 7. The molecule has 4 heteroatoms. The maximum Gasteiger partial charge on any atom is 0.172 e. The normalized spacial score (nSPS) is 19.0. The van der Waals surface area contributed by atoms with Crippen LogP contribution in [0, 0.1) is 34.0 Å². The van der Waals surface area contributed by atoms with Gasteiger partial charge in [0.25, 0.3) is 0 Å². The lowest BCUT2D eigenvalue weighted by Crippen LogP contribution is -2.20. The van der Waals surface area contributed by atoms with E-state index in [1.54, 1.807) is 12.1 Å². The molecule has 4 nitrogen and oxygen atoms in total. The molecule has 1 heterocycles. The molecule has 0 spiro atoms. The molecular formula is C17H13N3O. The maximum absolute atomic E-state index is 9.37. The molecule has 0 aromatic heterocycles. The molecule has 0 unspecified atom stereocenters. The first kappa shape index (κ1) is 14.4. The highest BCUT2D eigenvalue weighted by molar-refractivity contribution is 5.60. The van der Waals surface area contributed by atoms with E-state index < -0.39 is 5.60 Å². The van der Waals surface area contributed by atoms with Crippen molar-refractivity contribution >= 4 is 0 Å². The molecule has 0 N–H and O–H groups in total. The first-order valence-electron chi connectivity index (χ1n) is 6.46. The van der Waals surface area contributed by atoms with Gasteiger partial charge >= 0.3 is 0 Å². The van der Waals surface area contributed by atoms with Gasteiger partial charge in [-0.15, -0.1) is 0 Å². The average Bonchev–Trinajstić information content (AvgIpc) is 3.04. The fraction of sp³-hybridized carbons (Fsp3) is 0.235. The van der Waals surface area contributed by atoms with Crippen LogP contribution in [-0.4, -0.2) is 5.60 Å². The molecule has 0 radical (unpaired) electrons. The van der Waals surface area contributed by atoms with E-state index in [0.29, 0.717) is 5.57 Å². The van der Waals surface area contributed by atoms with Crippen LogP contribution in [0.4, 0.5) is 0 Å². The molecule has 2 rings (SSSR count). The number of nitriles is 3. The fourth-order valence-corrected chi connectivity index (χ4v) is 2.26. The minimum Gasteiger partial charge on any atom is -0.480 e. The summed E-state index contributed by atoms with van der Waals surface area (Å²) in [4.78, 5) is 0. The van der Waals surface area contributed by atoms with Gasteiger partial charge in [0.1, 0.15) is 29.4 Å². The number of ether oxygens (including phenoxy) is 1. The summed E-state index contributed by atoms with van der Waals surface area (Å²) in [6, 6.07) is 5.60. The molecule has 21 heavy (non-hydrogen) atoms. The highest BCUT2D eigenvalue weighted by atomic mass is 16.5. The number of rotatable bonds is 2. The predicted molar refractivity (Wildman–Crippen MR) is 77.0 cm³/mol. The maximum atomic E-state index is 9.37. The second kappa shape index (κ2) is 5.53. The van der Waals surface area contributed by atoms with Crippen LogP contribution >= 0.6 is 0 Å². The van der Waals surface area contributed by atoms with Crippen LogP contribution in [0.1, 0.15) is 20.3 Å². The van der Waals surface area contributed by atoms with Crippen LogP contribution in [0.3, 0.4) is 0 Å². The van der Waals surface area contributed by atoms with Crippen molar-refractivity contribution in [3.8, 4) is 18.2 Å². The molecule has 0 amide bonds. The van der Waals surface area contributed by atoms with E-state index in [1.807, 2.05) is 44.2 Å². The van der Waals surface area contributed by atoms with E-state index in [1.165, 1.54) is 0 Å². The summed E-state index contributed by atoms with van der Waals surface area (Å²) in [5.41, 5.74) is 1.14. The van der Waals surface area contributed by atoms with Crippen molar-refractivity contribution in [2.24, 2.45) is 0 Å². The summed E-state index contributed by atoms with van der Waals surface area (Å²) >= 11 is 0. The first-order chi connectivity index (χ1) is 10.0. The van der Waals surface area contributed by atoms with Gasteiger partial charge in [0.2, 0.25) is 0 Å². The molecule has 2 aliphatic rings. The molecular weight excluding hydrogens is 262 g/mol. The number of hydrogen-bond acceptors (Lipinski definition) is 4. The van der Waals surface area contributed by atoms with Gasteiger partial charge < -0.3 is 4.74 Å². The topological polar surface area (TPSA) is 80.6 Å². The third kappa shape index (κ3) is 2.64. The molecule has 0 saturated carbocycles. The zero-order valence-corrected chi connectivity index (χ0v) is 11.8. The van der Waals surface area contributed by atoms with Gasteiger partial charge in [0, 0.05) is 5.57 Å². The molecule has 0 saturated heterocycles. The smallest absolute Gasteiger partial charge is 0.172 e. The van der Waals surface area contributed by atoms with Crippen molar-refractivity contribution < 1.29 is 4.74 Å². The Bertz CT molecular complexity index is 737. The fourth-order valence-electron chi connectivity index (χ4n) is 2.26. The standard InChI is InChI=1S/C17H13N3O/c1-17(2)15(8-7-12-5-3-4-6-12)14(11-20)16(21-17)13(9-18)10-19/h3-5,7-8H,6H2,1-2H3/b8-7+. The Morgan fingerprint density at radius 2 is 1.95 bits per heavy atom. The van der Waals surface area contributed by atoms with Gasteiger partial charge in [-0.3, -0.25) is 0 Å². The summed E-state index contributed by atoms with van der Waals surface area (Å²) in [6.45, 7) is 3.62. The van der Waals surface area contributed by atoms with Gasteiger partial charge in [-0.2, -0.15) is 15.8 Å². The van der Waals surface area contributed by atoms with Crippen LogP contribution in [0.2, 0.25) is 0 Å². The second-order valence-corrected chi connectivity index (χ2v) is 5.15. The summed E-state index contributed by atoms with van der Waals surface area (Å²) in [5.74, 6) is 0.0747. The zero-order valence-electron chi connectivity index (χ0n) is 11.8. The molecule has 0 bridgehead atoms. The van der Waals surface area contributed by atoms with Crippen LogP contribution in [-0.2, 0) is 4.74 Å². The first-order valence-corrected chi connectivity index (χ1v) is 6.46. The Morgan fingerprint density at radius 1 is 1.24 bits per heavy atom. The minimum absolute atomic E-state index is 0.0747. The second-order valence-electron chi connectivity index (χ2n) is 5.15. The Kier molecular flexibility index (Phi) is 3.79. The highest BCUT2D eigenvalue weighted by Gasteiger charge is 2.38. The van der Waals surface area contributed by atoms with Gasteiger partial charge in [0.15, 0.2) is 11.3 Å². The molecule has 0 aromatic carbocycles. The number of nitrogens with zero attached hydrogens (tertiary/aromatic N) is 3. The van der Waals surface area contributed by atoms with Crippen LogP contribution in [0.25, 0.3) is 0 Å². The van der Waals surface area contributed by atoms with Crippen LogP contribution < -0.4 is 0 Å². The SMILES string of the molecule is CC1(C)OC(=C(C#N)C#N)C(C#N)=C1/C=C/C1=CC=CC1. The Labute approximate surface area is 123 Å². The van der Waals surface area contributed by atoms with E-state index in [9.17, 15) is 5.26 Å². The highest BCUT2D eigenvalue weighted by Crippen LogP contribution is 2.40. The van der Waals surface area contributed by atoms with Crippen molar-refractivity contribution in [2.75, 3.05) is 0 Å². The molecule has 0 atom stereocenters. The quantitative estimate of drug-likeness (QED) is 0.723. The lowest BCUT2D eigenvalue weighted by Gasteiger charge is -2.20. The third-order valence-electron chi connectivity index (χ3n) is 3.33. The zero-order chi connectivity index (χ0) is 15.5. The van der Waals surface area contributed by atoms with E-state index >= 15 is 0 Å². The lowest BCUT2D eigenvalue weighted by atomic mass is 9.94.